The number of ether oxygens (including phenoxy) is 1. The van der Waals surface area contributed by atoms with Crippen LogP contribution >= 0.6 is 11.6 Å². The standard InChI is InChI=1S/C12H16ClN5O/c1-3-19-9-4-8(5-9)16-11-7(2)10(13)17-12-14-6-15-18(11)12/h6,8-9,16H,3-5H2,1-2H3. The number of hydrogen-bond acceptors (Lipinski definition) is 5. The first-order valence-electron chi connectivity index (χ1n) is 6.43. The molecule has 0 saturated heterocycles. The number of rotatable bonds is 4. The Morgan fingerprint density at radius 2 is 2.32 bits per heavy atom. The minimum atomic E-state index is 0.367. The summed E-state index contributed by atoms with van der Waals surface area (Å²) in [6, 6.07) is 0.390. The van der Waals surface area contributed by atoms with E-state index in [-0.39, 0.29) is 0 Å². The maximum absolute atomic E-state index is 6.12. The van der Waals surface area contributed by atoms with Crippen molar-refractivity contribution in [2.45, 2.75) is 38.8 Å². The van der Waals surface area contributed by atoms with Crippen molar-refractivity contribution in [2.24, 2.45) is 0 Å². The molecule has 1 fully saturated rings. The molecule has 2 heterocycles. The molecule has 2 aromatic heterocycles. The Balaban J connectivity index is 1.81. The third kappa shape index (κ3) is 2.26. The molecule has 1 N–H and O–H groups in total. The van der Waals surface area contributed by atoms with E-state index in [1.165, 1.54) is 6.33 Å². The van der Waals surface area contributed by atoms with Gasteiger partial charge in [-0.15, -0.1) is 0 Å². The quantitative estimate of drug-likeness (QED) is 0.869. The van der Waals surface area contributed by atoms with Crippen LogP contribution in [-0.4, -0.2) is 38.3 Å². The summed E-state index contributed by atoms with van der Waals surface area (Å²) in [6.45, 7) is 4.72. The molecular weight excluding hydrogens is 266 g/mol. The smallest absolute Gasteiger partial charge is 0.255 e. The van der Waals surface area contributed by atoms with Crippen LogP contribution in [0.25, 0.3) is 5.78 Å². The summed E-state index contributed by atoms with van der Waals surface area (Å²) in [4.78, 5) is 8.25. The minimum absolute atomic E-state index is 0.367. The second-order valence-corrected chi connectivity index (χ2v) is 5.10. The second kappa shape index (κ2) is 4.94. The molecule has 0 unspecified atom stereocenters. The Morgan fingerprint density at radius 1 is 1.53 bits per heavy atom. The van der Waals surface area contributed by atoms with Crippen molar-refractivity contribution in [1.82, 2.24) is 19.6 Å². The Bertz CT molecular complexity index is 593. The zero-order valence-electron chi connectivity index (χ0n) is 10.9. The summed E-state index contributed by atoms with van der Waals surface area (Å²) in [5.74, 6) is 1.38. The van der Waals surface area contributed by atoms with Crippen molar-refractivity contribution in [1.29, 1.82) is 0 Å². The van der Waals surface area contributed by atoms with Gasteiger partial charge in [0.1, 0.15) is 17.3 Å². The summed E-state index contributed by atoms with van der Waals surface area (Å²) in [5, 5.41) is 8.10. The maximum atomic E-state index is 6.12. The molecule has 2 aromatic rings. The van der Waals surface area contributed by atoms with Gasteiger partial charge >= 0.3 is 0 Å². The Hall–Kier alpha value is -1.40. The van der Waals surface area contributed by atoms with E-state index in [0.29, 0.717) is 23.1 Å². The van der Waals surface area contributed by atoms with Gasteiger partial charge in [-0.25, -0.2) is 0 Å². The van der Waals surface area contributed by atoms with E-state index in [9.17, 15) is 0 Å². The number of aromatic nitrogens is 4. The summed E-state index contributed by atoms with van der Waals surface area (Å²) in [5.41, 5.74) is 0.888. The molecule has 3 rings (SSSR count). The summed E-state index contributed by atoms with van der Waals surface area (Å²) in [7, 11) is 0. The molecule has 0 bridgehead atoms. The van der Waals surface area contributed by atoms with Gasteiger partial charge < -0.3 is 10.1 Å². The first-order valence-corrected chi connectivity index (χ1v) is 6.80. The van der Waals surface area contributed by atoms with Crippen LogP contribution < -0.4 is 5.32 Å². The molecule has 0 atom stereocenters. The highest BCUT2D eigenvalue weighted by Crippen LogP contribution is 2.29. The van der Waals surface area contributed by atoms with Crippen molar-refractivity contribution >= 4 is 23.2 Å². The zero-order chi connectivity index (χ0) is 13.4. The lowest BCUT2D eigenvalue weighted by molar-refractivity contribution is 0.00287. The van der Waals surface area contributed by atoms with E-state index in [0.717, 1.165) is 30.8 Å². The molecule has 0 aromatic carbocycles. The maximum Gasteiger partial charge on any atom is 0.255 e. The first-order chi connectivity index (χ1) is 9.19. The molecule has 0 amide bonds. The van der Waals surface area contributed by atoms with Gasteiger partial charge in [0.15, 0.2) is 0 Å². The lowest BCUT2D eigenvalue weighted by atomic mass is 9.89. The van der Waals surface area contributed by atoms with Crippen LogP contribution in [0.5, 0.6) is 0 Å². The SMILES string of the molecule is CCOC1CC(Nc2c(C)c(Cl)nc3ncnn23)C1. The van der Waals surface area contributed by atoms with Crippen LogP contribution in [0.3, 0.4) is 0 Å². The topological polar surface area (TPSA) is 64.3 Å². The molecule has 19 heavy (non-hydrogen) atoms. The van der Waals surface area contributed by atoms with Crippen LogP contribution in [0.4, 0.5) is 5.82 Å². The van der Waals surface area contributed by atoms with Gasteiger partial charge in [0.2, 0.25) is 0 Å². The van der Waals surface area contributed by atoms with Gasteiger partial charge in [-0.3, -0.25) is 0 Å². The largest absolute Gasteiger partial charge is 0.378 e. The van der Waals surface area contributed by atoms with E-state index in [1.807, 2.05) is 13.8 Å². The highest BCUT2D eigenvalue weighted by molar-refractivity contribution is 6.30. The van der Waals surface area contributed by atoms with Crippen LogP contribution in [0.15, 0.2) is 6.33 Å². The van der Waals surface area contributed by atoms with Crippen molar-refractivity contribution in [3.05, 3.63) is 17.0 Å². The van der Waals surface area contributed by atoms with E-state index in [2.05, 4.69) is 20.4 Å². The fraction of sp³-hybridized carbons (Fsp3) is 0.583. The molecule has 102 valence electrons. The van der Waals surface area contributed by atoms with Gasteiger partial charge in [-0.1, -0.05) is 11.6 Å². The van der Waals surface area contributed by atoms with Crippen LogP contribution in [-0.2, 0) is 4.74 Å². The van der Waals surface area contributed by atoms with Gasteiger partial charge in [0.25, 0.3) is 5.78 Å². The van der Waals surface area contributed by atoms with Crippen molar-refractivity contribution in [3.8, 4) is 0 Å². The monoisotopic (exact) mass is 281 g/mol. The number of anilines is 1. The number of nitrogens with one attached hydrogen (secondary N) is 1. The van der Waals surface area contributed by atoms with Gasteiger partial charge in [0.05, 0.1) is 6.10 Å². The van der Waals surface area contributed by atoms with Crippen molar-refractivity contribution in [2.75, 3.05) is 11.9 Å². The highest BCUT2D eigenvalue weighted by Gasteiger charge is 2.30. The lowest BCUT2D eigenvalue weighted by Gasteiger charge is -2.36. The summed E-state index contributed by atoms with van der Waals surface area (Å²) < 4.78 is 7.25. The van der Waals surface area contributed by atoms with Gasteiger partial charge in [0, 0.05) is 18.2 Å². The normalized spacial score (nSPS) is 22.5. The Morgan fingerprint density at radius 3 is 3.05 bits per heavy atom. The average molecular weight is 282 g/mol. The third-order valence-electron chi connectivity index (χ3n) is 3.44. The summed E-state index contributed by atoms with van der Waals surface area (Å²) in [6.07, 6.45) is 3.85. The lowest BCUT2D eigenvalue weighted by Crippen LogP contribution is -2.41. The second-order valence-electron chi connectivity index (χ2n) is 4.74. The molecule has 0 radical (unpaired) electrons. The Labute approximate surface area is 116 Å². The number of nitrogens with zero attached hydrogens (tertiary/aromatic N) is 4. The van der Waals surface area contributed by atoms with Crippen LogP contribution in [0.2, 0.25) is 5.15 Å². The molecule has 1 aliphatic rings. The number of halogens is 1. The predicted molar refractivity (Wildman–Crippen MR) is 72.6 cm³/mol. The fourth-order valence-corrected chi connectivity index (χ4v) is 2.48. The van der Waals surface area contributed by atoms with Crippen molar-refractivity contribution < 1.29 is 4.74 Å². The molecule has 7 heteroatoms. The average Bonchev–Trinajstić information content (AvgIpc) is 2.79. The van der Waals surface area contributed by atoms with E-state index < -0.39 is 0 Å². The molecule has 0 spiro atoms. The highest BCUT2D eigenvalue weighted by atomic mass is 35.5. The van der Waals surface area contributed by atoms with Crippen LogP contribution in [0, 0.1) is 6.92 Å². The Kier molecular flexibility index (Phi) is 3.28. The number of hydrogen-bond donors (Lipinski definition) is 1. The summed E-state index contributed by atoms with van der Waals surface area (Å²) >= 11 is 6.12. The molecular formula is C12H16ClN5O. The van der Waals surface area contributed by atoms with E-state index in [4.69, 9.17) is 16.3 Å². The molecule has 1 aliphatic carbocycles. The van der Waals surface area contributed by atoms with Gasteiger partial charge in [-0.05, 0) is 26.7 Å². The first kappa shape index (κ1) is 12.6. The zero-order valence-corrected chi connectivity index (χ0v) is 11.7. The van der Waals surface area contributed by atoms with E-state index >= 15 is 0 Å². The fourth-order valence-electron chi connectivity index (χ4n) is 2.32. The molecule has 1 saturated carbocycles. The minimum Gasteiger partial charge on any atom is -0.378 e. The predicted octanol–water partition coefficient (Wildman–Crippen LogP) is 2.07. The van der Waals surface area contributed by atoms with E-state index in [1.54, 1.807) is 4.52 Å². The van der Waals surface area contributed by atoms with Gasteiger partial charge in [-0.2, -0.15) is 19.6 Å². The molecule has 0 aliphatic heterocycles. The third-order valence-corrected chi connectivity index (χ3v) is 3.81. The molecule has 6 nitrogen and oxygen atoms in total. The number of fused-ring (bicyclic) bond motifs is 1. The van der Waals surface area contributed by atoms with Crippen LogP contribution in [0.1, 0.15) is 25.3 Å². The van der Waals surface area contributed by atoms with Crippen molar-refractivity contribution in [3.63, 3.8) is 0 Å².